The molecule has 0 fully saturated rings. The van der Waals surface area contributed by atoms with E-state index in [9.17, 15) is 0 Å². The first-order valence-electron chi connectivity index (χ1n) is 5.67. The average molecular weight is 259 g/mol. The van der Waals surface area contributed by atoms with Crippen LogP contribution in [0.5, 0.6) is 0 Å². The highest BCUT2D eigenvalue weighted by molar-refractivity contribution is 7.17. The highest BCUT2D eigenvalue weighted by atomic mass is 32.1. The van der Waals surface area contributed by atoms with Gasteiger partial charge >= 0.3 is 0 Å². The molecule has 0 spiro atoms. The molecule has 3 heterocycles. The number of aryl methyl sites for hydroxylation is 2. The summed E-state index contributed by atoms with van der Waals surface area (Å²) in [4.78, 5) is 14.8. The fourth-order valence-corrected chi connectivity index (χ4v) is 2.79. The van der Waals surface area contributed by atoms with E-state index in [-0.39, 0.29) is 0 Å². The normalized spacial score (nSPS) is 11.0. The summed E-state index contributed by atoms with van der Waals surface area (Å²) in [7, 11) is 0. The summed E-state index contributed by atoms with van der Waals surface area (Å²) < 4.78 is 2.14. The van der Waals surface area contributed by atoms with Crippen LogP contribution < -0.4 is 5.32 Å². The Morgan fingerprint density at radius 2 is 2.06 bits per heavy atom. The molecular weight excluding hydrogens is 246 g/mol. The summed E-state index contributed by atoms with van der Waals surface area (Å²) in [5.41, 5.74) is 3.16. The molecule has 0 aromatic carbocycles. The van der Waals surface area contributed by atoms with Gasteiger partial charge in [0.05, 0.1) is 36.0 Å². The van der Waals surface area contributed by atoms with Crippen LogP contribution in [0.25, 0.3) is 4.96 Å². The molecule has 18 heavy (non-hydrogen) atoms. The van der Waals surface area contributed by atoms with E-state index in [2.05, 4.69) is 37.8 Å². The number of aromatic nitrogens is 4. The average Bonchev–Trinajstić information content (AvgIpc) is 2.84. The fourth-order valence-electron chi connectivity index (χ4n) is 1.90. The third-order valence-corrected chi connectivity index (χ3v) is 3.66. The van der Waals surface area contributed by atoms with Gasteiger partial charge in [-0.15, -0.1) is 11.3 Å². The minimum Gasteiger partial charge on any atom is -0.377 e. The molecule has 1 N–H and O–H groups in total. The fraction of sp³-hybridized carbons (Fsp3) is 0.250. The smallest absolute Gasteiger partial charge is 0.194 e. The molecule has 3 aromatic rings. The van der Waals surface area contributed by atoms with Gasteiger partial charge in [0.15, 0.2) is 4.96 Å². The molecular formula is C12H13N5S. The molecule has 5 nitrogen and oxygen atoms in total. The summed E-state index contributed by atoms with van der Waals surface area (Å²) >= 11 is 1.71. The summed E-state index contributed by atoms with van der Waals surface area (Å²) in [6.45, 7) is 4.85. The number of nitrogens with one attached hydrogen (secondary N) is 1. The van der Waals surface area contributed by atoms with Crippen molar-refractivity contribution < 1.29 is 0 Å². The van der Waals surface area contributed by atoms with E-state index in [1.165, 1.54) is 16.9 Å². The third-order valence-electron chi connectivity index (χ3n) is 2.76. The molecule has 3 rings (SSSR count). The first kappa shape index (κ1) is 11.2. The standard InChI is InChI=1S/C12H13N5S/c1-8-6-17-11(9(2)16-12(17)18-8)5-15-10-3-13-7-14-4-10/h3-4,6-7,15H,5H2,1-2H3. The van der Waals surface area contributed by atoms with Crippen molar-refractivity contribution in [2.45, 2.75) is 20.4 Å². The van der Waals surface area contributed by atoms with Crippen LogP contribution in [0.4, 0.5) is 5.69 Å². The Balaban J connectivity index is 1.88. The molecule has 3 aromatic heterocycles. The zero-order chi connectivity index (χ0) is 12.5. The van der Waals surface area contributed by atoms with E-state index in [1.807, 2.05) is 6.92 Å². The van der Waals surface area contributed by atoms with E-state index in [0.29, 0.717) is 0 Å². The van der Waals surface area contributed by atoms with Crippen molar-refractivity contribution in [2.24, 2.45) is 0 Å². The van der Waals surface area contributed by atoms with Gasteiger partial charge in [0, 0.05) is 11.1 Å². The van der Waals surface area contributed by atoms with Gasteiger partial charge in [0.25, 0.3) is 0 Å². The zero-order valence-electron chi connectivity index (χ0n) is 10.2. The molecule has 0 saturated heterocycles. The highest BCUT2D eigenvalue weighted by Crippen LogP contribution is 2.21. The number of rotatable bonds is 3. The number of hydrogen-bond donors (Lipinski definition) is 1. The van der Waals surface area contributed by atoms with Crippen molar-refractivity contribution in [3.8, 4) is 0 Å². The largest absolute Gasteiger partial charge is 0.377 e. The molecule has 0 atom stereocenters. The maximum atomic E-state index is 4.56. The van der Waals surface area contributed by atoms with Gasteiger partial charge in [-0.1, -0.05) is 0 Å². The maximum Gasteiger partial charge on any atom is 0.194 e. The number of imidazole rings is 1. The summed E-state index contributed by atoms with van der Waals surface area (Å²) in [5.74, 6) is 0. The minimum atomic E-state index is 0.719. The van der Waals surface area contributed by atoms with E-state index in [1.54, 1.807) is 23.7 Å². The number of nitrogens with zero attached hydrogens (tertiary/aromatic N) is 4. The monoisotopic (exact) mass is 259 g/mol. The van der Waals surface area contributed by atoms with Crippen LogP contribution >= 0.6 is 11.3 Å². The van der Waals surface area contributed by atoms with Crippen molar-refractivity contribution in [1.82, 2.24) is 19.4 Å². The minimum absolute atomic E-state index is 0.719. The summed E-state index contributed by atoms with van der Waals surface area (Å²) in [6.07, 6.45) is 7.17. The van der Waals surface area contributed by atoms with Crippen LogP contribution in [-0.4, -0.2) is 19.4 Å². The maximum absolute atomic E-state index is 4.56. The Kier molecular flexibility index (Phi) is 2.71. The number of thiazole rings is 1. The Morgan fingerprint density at radius 3 is 2.83 bits per heavy atom. The first-order valence-corrected chi connectivity index (χ1v) is 6.48. The topological polar surface area (TPSA) is 55.1 Å². The van der Waals surface area contributed by atoms with Gasteiger partial charge in [0.2, 0.25) is 0 Å². The second kappa shape index (κ2) is 4.38. The van der Waals surface area contributed by atoms with Gasteiger partial charge in [-0.05, 0) is 13.8 Å². The lowest BCUT2D eigenvalue weighted by atomic mass is 10.3. The summed E-state index contributed by atoms with van der Waals surface area (Å²) in [6, 6.07) is 0. The van der Waals surface area contributed by atoms with Crippen LogP contribution in [0.3, 0.4) is 0 Å². The van der Waals surface area contributed by atoms with E-state index >= 15 is 0 Å². The van der Waals surface area contributed by atoms with Crippen LogP contribution in [0.2, 0.25) is 0 Å². The SMILES string of the molecule is Cc1cn2c(CNc3cncnc3)c(C)nc2s1. The summed E-state index contributed by atoms with van der Waals surface area (Å²) in [5, 5.41) is 3.31. The van der Waals surface area contributed by atoms with Crippen LogP contribution in [-0.2, 0) is 6.54 Å². The molecule has 0 aliphatic heterocycles. The number of anilines is 1. The van der Waals surface area contributed by atoms with Crippen molar-refractivity contribution in [2.75, 3.05) is 5.32 Å². The second-order valence-electron chi connectivity index (χ2n) is 4.12. The Hall–Kier alpha value is -1.95. The van der Waals surface area contributed by atoms with Crippen molar-refractivity contribution in [1.29, 1.82) is 0 Å². The lowest BCUT2D eigenvalue weighted by Gasteiger charge is -2.05. The Bertz CT molecular complexity index is 670. The van der Waals surface area contributed by atoms with Gasteiger partial charge in [-0.3, -0.25) is 4.40 Å². The molecule has 0 aliphatic carbocycles. The molecule has 0 unspecified atom stereocenters. The first-order chi connectivity index (χ1) is 8.74. The van der Waals surface area contributed by atoms with Crippen LogP contribution in [0.1, 0.15) is 16.3 Å². The molecule has 0 saturated carbocycles. The lowest BCUT2D eigenvalue weighted by molar-refractivity contribution is 0.985. The molecule has 0 radical (unpaired) electrons. The second-order valence-corrected chi connectivity index (χ2v) is 5.33. The number of hydrogen-bond acceptors (Lipinski definition) is 5. The third kappa shape index (κ3) is 1.95. The number of fused-ring (bicyclic) bond motifs is 1. The van der Waals surface area contributed by atoms with Gasteiger partial charge in [-0.25, -0.2) is 15.0 Å². The van der Waals surface area contributed by atoms with Crippen molar-refractivity contribution in [3.63, 3.8) is 0 Å². The quantitative estimate of drug-likeness (QED) is 0.784. The molecule has 0 aliphatic rings. The van der Waals surface area contributed by atoms with E-state index in [4.69, 9.17) is 0 Å². The lowest BCUT2D eigenvalue weighted by Crippen LogP contribution is -2.04. The molecule has 92 valence electrons. The molecule has 6 heteroatoms. The van der Waals surface area contributed by atoms with Crippen LogP contribution in [0, 0.1) is 13.8 Å². The van der Waals surface area contributed by atoms with Crippen LogP contribution in [0.15, 0.2) is 24.9 Å². The van der Waals surface area contributed by atoms with Crippen molar-refractivity contribution >= 4 is 22.0 Å². The van der Waals surface area contributed by atoms with Gasteiger partial charge < -0.3 is 5.32 Å². The Morgan fingerprint density at radius 1 is 1.28 bits per heavy atom. The zero-order valence-corrected chi connectivity index (χ0v) is 11.0. The predicted octanol–water partition coefficient (Wildman–Crippen LogP) is 2.41. The predicted molar refractivity (Wildman–Crippen MR) is 71.9 cm³/mol. The highest BCUT2D eigenvalue weighted by Gasteiger charge is 2.10. The Labute approximate surface area is 109 Å². The van der Waals surface area contributed by atoms with Crippen molar-refractivity contribution in [3.05, 3.63) is 41.2 Å². The van der Waals surface area contributed by atoms with Gasteiger partial charge in [0.1, 0.15) is 6.33 Å². The molecule has 0 amide bonds. The van der Waals surface area contributed by atoms with E-state index < -0.39 is 0 Å². The van der Waals surface area contributed by atoms with E-state index in [0.717, 1.165) is 22.9 Å². The molecule has 0 bridgehead atoms. The van der Waals surface area contributed by atoms with Gasteiger partial charge in [-0.2, -0.15) is 0 Å².